The normalized spacial score (nSPS) is 17.6. The number of benzene rings is 5. The molecule has 2 aromatic heterocycles. The number of hydrogen-bond donors (Lipinski definition) is 0. The summed E-state index contributed by atoms with van der Waals surface area (Å²) in [5, 5.41) is 5.62. The van der Waals surface area contributed by atoms with Gasteiger partial charge < -0.3 is 9.05 Å². The van der Waals surface area contributed by atoms with Crippen molar-refractivity contribution in [1.82, 2.24) is 14.5 Å². The van der Waals surface area contributed by atoms with Crippen LogP contribution in [-0.4, -0.2) is 25.3 Å². The fourth-order valence-corrected chi connectivity index (χ4v) is 7.66. The first-order valence-electron chi connectivity index (χ1n) is 14.3. The minimum atomic E-state index is -1.06. The summed E-state index contributed by atoms with van der Waals surface area (Å²) in [7, 11) is -1.06. The highest BCUT2D eigenvalue weighted by atomic mass is 31.2. The zero-order chi connectivity index (χ0) is 28.6. The van der Waals surface area contributed by atoms with Gasteiger partial charge in [-0.3, -0.25) is 4.57 Å². The van der Waals surface area contributed by atoms with Crippen LogP contribution in [0.1, 0.15) is 27.7 Å². The van der Waals surface area contributed by atoms with Crippen LogP contribution in [0, 0.1) is 0 Å². The summed E-state index contributed by atoms with van der Waals surface area (Å²) in [5.74, 6) is 1.46. The molecule has 42 heavy (non-hydrogen) atoms. The molecule has 6 heteroatoms. The van der Waals surface area contributed by atoms with Crippen LogP contribution in [0.15, 0.2) is 109 Å². The molecule has 3 heterocycles. The maximum atomic E-state index is 6.52. The van der Waals surface area contributed by atoms with Gasteiger partial charge in [0.1, 0.15) is 5.75 Å². The van der Waals surface area contributed by atoms with Gasteiger partial charge in [-0.25, -0.2) is 9.97 Å². The van der Waals surface area contributed by atoms with Crippen LogP contribution in [0.3, 0.4) is 0 Å². The largest absolute Gasteiger partial charge is 0.447 e. The smallest absolute Gasteiger partial charge is 0.239 e. The van der Waals surface area contributed by atoms with Gasteiger partial charge in [-0.05, 0) is 68.8 Å². The Kier molecular flexibility index (Phi) is 5.50. The molecule has 0 radical (unpaired) electrons. The first-order chi connectivity index (χ1) is 20.3. The third kappa shape index (κ3) is 3.70. The minimum Gasteiger partial charge on any atom is -0.447 e. The zero-order valence-corrected chi connectivity index (χ0v) is 24.9. The first kappa shape index (κ1) is 25.4. The minimum absolute atomic E-state index is 0.0508. The summed E-state index contributed by atoms with van der Waals surface area (Å²) in [5.41, 5.74) is 4.77. The first-order valence-corrected chi connectivity index (χ1v) is 15.5. The van der Waals surface area contributed by atoms with E-state index in [1.807, 2.05) is 24.3 Å². The highest BCUT2D eigenvalue weighted by molar-refractivity contribution is 7.51. The number of hydrogen-bond acceptors (Lipinski definition) is 4. The lowest BCUT2D eigenvalue weighted by molar-refractivity contribution is 0.00610. The SMILES string of the molecule is CC1(C)OP(Oc2ccc3c(c2)c2c4ccccc4ccc2n3-c2nc(-c3ccccc3)c3ccccc3n2)C1(C)C. The van der Waals surface area contributed by atoms with E-state index in [0.717, 1.165) is 49.7 Å². The van der Waals surface area contributed by atoms with Gasteiger partial charge in [0, 0.05) is 21.7 Å². The van der Waals surface area contributed by atoms with E-state index in [0.29, 0.717) is 5.95 Å². The average molecular weight is 568 g/mol. The van der Waals surface area contributed by atoms with Crippen molar-refractivity contribution >= 4 is 51.9 Å². The fourth-order valence-electron chi connectivity index (χ4n) is 5.86. The molecule has 206 valence electrons. The quantitative estimate of drug-likeness (QED) is 0.199. The number of fused-ring (bicyclic) bond motifs is 6. The van der Waals surface area contributed by atoms with Crippen LogP contribution in [0.5, 0.6) is 5.75 Å². The van der Waals surface area contributed by atoms with Crippen molar-refractivity contribution in [2.24, 2.45) is 0 Å². The third-order valence-corrected chi connectivity index (χ3v) is 11.3. The molecule has 0 saturated carbocycles. The number of rotatable bonds is 4. The molecule has 8 rings (SSSR count). The lowest BCUT2D eigenvalue weighted by Crippen LogP contribution is -2.55. The highest BCUT2D eigenvalue weighted by Crippen LogP contribution is 2.69. The molecule has 7 aromatic rings. The summed E-state index contributed by atoms with van der Waals surface area (Å²) in [6.45, 7) is 8.71. The van der Waals surface area contributed by atoms with Crippen LogP contribution in [0.25, 0.3) is 60.7 Å². The zero-order valence-electron chi connectivity index (χ0n) is 24.0. The van der Waals surface area contributed by atoms with Crippen molar-refractivity contribution < 1.29 is 9.05 Å². The van der Waals surface area contributed by atoms with E-state index in [4.69, 9.17) is 19.0 Å². The van der Waals surface area contributed by atoms with Crippen molar-refractivity contribution in [3.63, 3.8) is 0 Å². The topological polar surface area (TPSA) is 49.2 Å². The molecule has 1 aliphatic rings. The van der Waals surface area contributed by atoms with E-state index in [-0.39, 0.29) is 10.8 Å². The van der Waals surface area contributed by atoms with Crippen molar-refractivity contribution in [3.05, 3.63) is 109 Å². The molecule has 0 N–H and O–H groups in total. The molecule has 5 aromatic carbocycles. The van der Waals surface area contributed by atoms with Crippen LogP contribution >= 0.6 is 8.38 Å². The van der Waals surface area contributed by atoms with Gasteiger partial charge in [-0.15, -0.1) is 0 Å². The Labute approximate surface area is 245 Å². The average Bonchev–Trinajstić information content (AvgIpc) is 3.35. The molecular formula is C36H30N3O2P. The summed E-state index contributed by atoms with van der Waals surface area (Å²) >= 11 is 0. The van der Waals surface area contributed by atoms with E-state index >= 15 is 0 Å². The Balaban J connectivity index is 1.39. The fraction of sp³-hybridized carbons (Fsp3) is 0.167. The Morgan fingerprint density at radius 1 is 0.690 bits per heavy atom. The lowest BCUT2D eigenvalue weighted by atomic mass is 9.93. The molecule has 0 bridgehead atoms. The maximum absolute atomic E-state index is 6.52. The Bertz CT molecular complexity index is 2170. The number of para-hydroxylation sites is 1. The molecule has 0 aliphatic carbocycles. The van der Waals surface area contributed by atoms with Crippen LogP contribution < -0.4 is 4.52 Å². The van der Waals surface area contributed by atoms with Crippen molar-refractivity contribution in [3.8, 4) is 23.0 Å². The van der Waals surface area contributed by atoms with Gasteiger partial charge in [0.15, 0.2) is 0 Å². The molecule has 1 atom stereocenters. The van der Waals surface area contributed by atoms with Gasteiger partial charge >= 0.3 is 0 Å². The molecule has 1 unspecified atom stereocenters. The Hall–Kier alpha value is -4.31. The van der Waals surface area contributed by atoms with Crippen molar-refractivity contribution in [2.75, 3.05) is 0 Å². The molecule has 1 aliphatic heterocycles. The molecule has 0 spiro atoms. The molecule has 0 amide bonds. The monoisotopic (exact) mass is 567 g/mol. The summed E-state index contributed by atoms with van der Waals surface area (Å²) in [6.07, 6.45) is 0. The second kappa shape index (κ2) is 9.09. The summed E-state index contributed by atoms with van der Waals surface area (Å²) in [6, 6.07) is 37.8. The van der Waals surface area contributed by atoms with Crippen LogP contribution in [0.4, 0.5) is 0 Å². The van der Waals surface area contributed by atoms with Crippen molar-refractivity contribution in [1.29, 1.82) is 0 Å². The second-order valence-electron chi connectivity index (χ2n) is 12.0. The lowest BCUT2D eigenvalue weighted by Gasteiger charge is -2.55. The third-order valence-electron chi connectivity index (χ3n) is 8.89. The van der Waals surface area contributed by atoms with E-state index < -0.39 is 8.38 Å². The number of aromatic nitrogens is 3. The van der Waals surface area contributed by atoms with Gasteiger partial charge in [-0.1, -0.05) is 78.9 Å². The van der Waals surface area contributed by atoms with Gasteiger partial charge in [-0.2, -0.15) is 0 Å². The van der Waals surface area contributed by atoms with Gasteiger partial charge in [0.25, 0.3) is 0 Å². The number of nitrogens with zero attached hydrogens (tertiary/aromatic N) is 3. The summed E-state index contributed by atoms with van der Waals surface area (Å²) in [4.78, 5) is 10.3. The molecule has 5 nitrogen and oxygen atoms in total. The van der Waals surface area contributed by atoms with Gasteiger partial charge in [0.2, 0.25) is 14.3 Å². The van der Waals surface area contributed by atoms with Gasteiger partial charge in [0.05, 0.1) is 33.0 Å². The van der Waals surface area contributed by atoms with E-state index in [1.165, 1.54) is 10.8 Å². The van der Waals surface area contributed by atoms with E-state index in [2.05, 4.69) is 117 Å². The van der Waals surface area contributed by atoms with Crippen LogP contribution in [-0.2, 0) is 4.52 Å². The Morgan fingerprint density at radius 3 is 2.19 bits per heavy atom. The standard InChI is InChI=1S/C36H30N3O2P/c1-35(2)36(3,4)42(41-35)40-25-19-21-30-28(22-25)32-26-15-9-8-12-23(26)18-20-31(32)39(30)34-37-29-17-11-10-16-27(29)33(38-34)24-13-6-5-7-14-24/h5-22H,1-4H3. The maximum Gasteiger partial charge on any atom is 0.239 e. The van der Waals surface area contributed by atoms with Crippen molar-refractivity contribution in [2.45, 2.75) is 38.5 Å². The van der Waals surface area contributed by atoms with Crippen LogP contribution in [0.2, 0.25) is 0 Å². The Morgan fingerprint density at radius 2 is 1.40 bits per heavy atom. The summed E-state index contributed by atoms with van der Waals surface area (Å²) < 4.78 is 14.9. The molecule has 1 saturated heterocycles. The second-order valence-corrected chi connectivity index (χ2v) is 14.0. The predicted octanol–water partition coefficient (Wildman–Crippen LogP) is 9.83. The van der Waals surface area contributed by atoms with E-state index in [1.54, 1.807) is 0 Å². The highest BCUT2D eigenvalue weighted by Gasteiger charge is 2.59. The predicted molar refractivity (Wildman–Crippen MR) is 174 cm³/mol. The molecule has 1 fully saturated rings. The van der Waals surface area contributed by atoms with E-state index in [9.17, 15) is 0 Å². The molecular weight excluding hydrogens is 537 g/mol.